The van der Waals surface area contributed by atoms with Gasteiger partial charge in [-0.1, -0.05) is 24.3 Å². The number of rotatable bonds is 6. The van der Waals surface area contributed by atoms with Gasteiger partial charge in [-0.05, 0) is 53.6 Å². The highest BCUT2D eigenvalue weighted by molar-refractivity contribution is 5.98. The molecule has 0 atom stereocenters. The molecule has 0 saturated heterocycles. The molecule has 0 saturated carbocycles. The molecule has 4 aromatic rings. The van der Waals surface area contributed by atoms with Crippen LogP contribution in [0.25, 0.3) is 10.9 Å². The first-order chi connectivity index (χ1) is 15.4. The van der Waals surface area contributed by atoms with Gasteiger partial charge in [0.15, 0.2) is 5.43 Å². The maximum absolute atomic E-state index is 13.0. The lowest BCUT2D eigenvalue weighted by Gasteiger charge is -2.08. The van der Waals surface area contributed by atoms with E-state index in [-0.39, 0.29) is 22.6 Å². The molecule has 7 heteroatoms. The highest BCUT2D eigenvalue weighted by Gasteiger charge is 2.11. The van der Waals surface area contributed by atoms with Crippen molar-refractivity contribution < 1.29 is 19.8 Å². The fraction of sp³-hybridized carbons (Fsp3) is 0.0800. The number of nitrogens with one attached hydrogen (secondary N) is 2. The van der Waals surface area contributed by atoms with Crippen LogP contribution in [0.1, 0.15) is 37.4 Å². The van der Waals surface area contributed by atoms with Crippen LogP contribution in [-0.4, -0.2) is 27.1 Å². The quantitative estimate of drug-likeness (QED) is 0.375. The minimum atomic E-state index is -1.00. The maximum Gasteiger partial charge on any atom is 0.335 e. The number of aromatic hydroxyl groups is 1. The van der Waals surface area contributed by atoms with Crippen LogP contribution >= 0.6 is 0 Å². The SMILES string of the molecule is O=C(O)c1ccc(Cc2c[nH]c3ccc(C(=O)NCc4ccc(O)cc4)cc3c2=O)cc1. The molecule has 0 unspecified atom stereocenters. The zero-order valence-electron chi connectivity index (χ0n) is 17.0. The molecule has 4 N–H and O–H groups in total. The Morgan fingerprint density at radius 3 is 2.22 bits per heavy atom. The number of carbonyl (C=O) groups is 2. The van der Waals surface area contributed by atoms with Crippen LogP contribution < -0.4 is 10.7 Å². The normalized spacial score (nSPS) is 10.8. The Bertz CT molecular complexity index is 1360. The minimum absolute atomic E-state index is 0.155. The summed E-state index contributed by atoms with van der Waals surface area (Å²) in [6, 6.07) is 17.8. The molecular weight excluding hydrogens is 408 g/mol. The number of phenolic OH excluding ortho intramolecular Hbond substituents is 1. The van der Waals surface area contributed by atoms with Crippen LogP contribution in [0.15, 0.2) is 77.7 Å². The number of carbonyl (C=O) groups excluding carboxylic acids is 1. The number of H-pyrrole nitrogens is 1. The lowest BCUT2D eigenvalue weighted by Crippen LogP contribution is -2.23. The molecule has 0 radical (unpaired) electrons. The largest absolute Gasteiger partial charge is 0.508 e. The molecule has 0 aliphatic heterocycles. The topological polar surface area (TPSA) is 119 Å². The molecule has 7 nitrogen and oxygen atoms in total. The van der Waals surface area contributed by atoms with Gasteiger partial charge in [0.25, 0.3) is 5.91 Å². The molecular formula is C25H20N2O5. The number of amides is 1. The van der Waals surface area contributed by atoms with Crippen molar-refractivity contribution in [2.75, 3.05) is 0 Å². The summed E-state index contributed by atoms with van der Waals surface area (Å²) in [6.45, 7) is 0.292. The summed E-state index contributed by atoms with van der Waals surface area (Å²) in [5.74, 6) is -1.16. The van der Waals surface area contributed by atoms with Gasteiger partial charge in [-0.2, -0.15) is 0 Å². The fourth-order valence-electron chi connectivity index (χ4n) is 3.42. The van der Waals surface area contributed by atoms with Gasteiger partial charge >= 0.3 is 5.97 Å². The summed E-state index contributed by atoms with van der Waals surface area (Å²) in [7, 11) is 0. The number of phenols is 1. The summed E-state index contributed by atoms with van der Waals surface area (Å²) in [6.07, 6.45) is 1.97. The van der Waals surface area contributed by atoms with E-state index >= 15 is 0 Å². The molecule has 1 aromatic heterocycles. The molecule has 32 heavy (non-hydrogen) atoms. The second-order valence-corrected chi connectivity index (χ2v) is 7.43. The Labute approximate surface area is 183 Å². The average Bonchev–Trinajstić information content (AvgIpc) is 2.80. The third-order valence-electron chi connectivity index (χ3n) is 5.20. The van der Waals surface area contributed by atoms with Gasteiger partial charge in [0.05, 0.1) is 5.56 Å². The Balaban J connectivity index is 1.55. The summed E-state index contributed by atoms with van der Waals surface area (Å²) < 4.78 is 0. The maximum atomic E-state index is 13.0. The molecule has 3 aromatic carbocycles. The van der Waals surface area contributed by atoms with Crippen molar-refractivity contribution in [3.8, 4) is 5.75 Å². The first kappa shape index (κ1) is 20.9. The second kappa shape index (κ2) is 8.77. The Morgan fingerprint density at radius 2 is 1.53 bits per heavy atom. The number of hydrogen-bond donors (Lipinski definition) is 4. The van der Waals surface area contributed by atoms with Gasteiger partial charge in [-0.25, -0.2) is 4.79 Å². The van der Waals surface area contributed by atoms with Crippen LogP contribution in [0.3, 0.4) is 0 Å². The second-order valence-electron chi connectivity index (χ2n) is 7.43. The average molecular weight is 428 g/mol. The van der Waals surface area contributed by atoms with E-state index in [9.17, 15) is 19.5 Å². The number of fused-ring (bicyclic) bond motifs is 1. The van der Waals surface area contributed by atoms with Crippen molar-refractivity contribution in [3.05, 3.63) is 111 Å². The zero-order chi connectivity index (χ0) is 22.7. The van der Waals surface area contributed by atoms with Gasteiger partial charge in [0, 0.05) is 41.2 Å². The first-order valence-corrected chi connectivity index (χ1v) is 9.93. The lowest BCUT2D eigenvalue weighted by atomic mass is 10.0. The number of benzene rings is 3. The van der Waals surface area contributed by atoms with Crippen molar-refractivity contribution in [2.45, 2.75) is 13.0 Å². The van der Waals surface area contributed by atoms with Crippen molar-refractivity contribution >= 4 is 22.8 Å². The van der Waals surface area contributed by atoms with E-state index in [4.69, 9.17) is 5.11 Å². The lowest BCUT2D eigenvalue weighted by molar-refractivity contribution is 0.0696. The molecule has 4 rings (SSSR count). The zero-order valence-corrected chi connectivity index (χ0v) is 17.0. The number of aromatic carboxylic acids is 1. The molecule has 1 amide bonds. The molecule has 0 bridgehead atoms. The molecule has 0 aliphatic carbocycles. The Hall–Kier alpha value is -4.39. The number of pyridine rings is 1. The summed E-state index contributed by atoms with van der Waals surface area (Å²) in [5.41, 5.74) is 3.15. The molecule has 0 fully saturated rings. The number of aromatic amines is 1. The molecule has 1 heterocycles. The molecule has 0 aliphatic rings. The summed E-state index contributed by atoms with van der Waals surface area (Å²) >= 11 is 0. The third-order valence-corrected chi connectivity index (χ3v) is 5.20. The van der Waals surface area contributed by atoms with Gasteiger partial charge in [-0.3, -0.25) is 9.59 Å². The Kier molecular flexibility index (Phi) is 5.72. The van der Waals surface area contributed by atoms with Crippen molar-refractivity contribution in [1.82, 2.24) is 10.3 Å². The number of hydrogen-bond acceptors (Lipinski definition) is 4. The standard InChI is InChI=1S/C25H20N2O5/c28-20-8-3-16(4-9-20)13-27-24(30)18-7-10-22-21(12-18)23(29)19(14-26-22)11-15-1-5-17(6-2-15)25(31)32/h1-10,12,14,28H,11,13H2,(H,26,29)(H,27,30)(H,31,32). The van der Waals surface area contributed by atoms with Crippen LogP contribution in [0.2, 0.25) is 0 Å². The van der Waals surface area contributed by atoms with E-state index in [1.54, 1.807) is 60.8 Å². The predicted molar refractivity (Wildman–Crippen MR) is 120 cm³/mol. The first-order valence-electron chi connectivity index (χ1n) is 9.93. The Morgan fingerprint density at radius 1 is 0.875 bits per heavy atom. The number of carboxylic acids is 1. The molecule has 0 spiro atoms. The van der Waals surface area contributed by atoms with Gasteiger partial charge < -0.3 is 20.5 Å². The summed E-state index contributed by atoms with van der Waals surface area (Å²) in [5, 5.41) is 21.6. The smallest absolute Gasteiger partial charge is 0.335 e. The van der Waals surface area contributed by atoms with Crippen molar-refractivity contribution in [3.63, 3.8) is 0 Å². The molecule has 160 valence electrons. The van der Waals surface area contributed by atoms with Crippen LogP contribution in [-0.2, 0) is 13.0 Å². The van der Waals surface area contributed by atoms with E-state index in [0.29, 0.717) is 35.0 Å². The van der Waals surface area contributed by atoms with Gasteiger partial charge in [0.2, 0.25) is 0 Å². The number of aromatic nitrogens is 1. The van der Waals surface area contributed by atoms with E-state index in [2.05, 4.69) is 10.3 Å². The van der Waals surface area contributed by atoms with Crippen LogP contribution in [0.5, 0.6) is 5.75 Å². The van der Waals surface area contributed by atoms with Crippen LogP contribution in [0.4, 0.5) is 0 Å². The summed E-state index contributed by atoms with van der Waals surface area (Å²) in [4.78, 5) is 39.7. The van der Waals surface area contributed by atoms with E-state index in [1.807, 2.05) is 0 Å². The van der Waals surface area contributed by atoms with E-state index < -0.39 is 5.97 Å². The fourth-order valence-corrected chi connectivity index (χ4v) is 3.42. The van der Waals surface area contributed by atoms with Crippen molar-refractivity contribution in [2.24, 2.45) is 0 Å². The highest BCUT2D eigenvalue weighted by Crippen LogP contribution is 2.15. The minimum Gasteiger partial charge on any atom is -0.508 e. The van der Waals surface area contributed by atoms with Gasteiger partial charge in [-0.15, -0.1) is 0 Å². The van der Waals surface area contributed by atoms with E-state index in [1.165, 1.54) is 12.1 Å². The number of carboxylic acid groups (broad SMARTS) is 1. The van der Waals surface area contributed by atoms with Crippen LogP contribution in [0, 0.1) is 0 Å². The monoisotopic (exact) mass is 428 g/mol. The van der Waals surface area contributed by atoms with Crippen molar-refractivity contribution in [1.29, 1.82) is 0 Å². The third kappa shape index (κ3) is 4.52. The van der Waals surface area contributed by atoms with E-state index in [0.717, 1.165) is 11.1 Å². The predicted octanol–water partition coefficient (Wildman–Crippen LogP) is 3.45. The van der Waals surface area contributed by atoms with Gasteiger partial charge in [0.1, 0.15) is 5.75 Å². The highest BCUT2D eigenvalue weighted by atomic mass is 16.4.